The summed E-state index contributed by atoms with van der Waals surface area (Å²) in [6.07, 6.45) is -3.12. The molecule has 0 saturated carbocycles. The molecule has 0 fully saturated rings. The largest absolute Gasteiger partial charge is 0.451 e. The standard InChI is InChI=1S/C10H7BrF3N5S/c11-5-2-1-3-16-8(5)20-7-4-6(19-15)17-9(18-7)10(12,13)14/h1-4H,15H2,(H,17,18,19). The molecule has 0 radical (unpaired) electrons. The fraction of sp³-hybridized carbons (Fsp3) is 0.100. The van der Waals surface area contributed by atoms with Crippen LogP contribution in [0.4, 0.5) is 19.0 Å². The number of hydrogen-bond acceptors (Lipinski definition) is 6. The average molecular weight is 366 g/mol. The number of pyridine rings is 1. The summed E-state index contributed by atoms with van der Waals surface area (Å²) >= 11 is 4.23. The molecule has 0 bridgehead atoms. The van der Waals surface area contributed by atoms with E-state index >= 15 is 0 Å². The first-order valence-electron chi connectivity index (χ1n) is 5.11. The van der Waals surface area contributed by atoms with Crippen LogP contribution >= 0.6 is 27.7 Å². The molecule has 106 valence electrons. The predicted molar refractivity (Wildman–Crippen MR) is 70.9 cm³/mol. The second kappa shape index (κ2) is 5.94. The minimum Gasteiger partial charge on any atom is -0.308 e. The maximum atomic E-state index is 12.7. The number of nitrogens with one attached hydrogen (secondary N) is 1. The zero-order chi connectivity index (χ0) is 14.8. The number of nitrogens with zero attached hydrogens (tertiary/aromatic N) is 3. The van der Waals surface area contributed by atoms with Gasteiger partial charge in [0.15, 0.2) is 0 Å². The van der Waals surface area contributed by atoms with E-state index in [1.165, 1.54) is 12.3 Å². The number of nitrogens with two attached hydrogens (primary N) is 1. The van der Waals surface area contributed by atoms with Crippen LogP contribution in [0.1, 0.15) is 5.82 Å². The molecule has 0 atom stereocenters. The number of rotatable bonds is 3. The van der Waals surface area contributed by atoms with Gasteiger partial charge in [0.25, 0.3) is 0 Å². The molecular weight excluding hydrogens is 359 g/mol. The van der Waals surface area contributed by atoms with Crippen molar-refractivity contribution in [1.29, 1.82) is 0 Å². The van der Waals surface area contributed by atoms with Gasteiger partial charge in [0, 0.05) is 12.3 Å². The molecule has 2 heterocycles. The van der Waals surface area contributed by atoms with E-state index in [2.05, 4.69) is 36.3 Å². The molecule has 0 aliphatic carbocycles. The third-order valence-electron chi connectivity index (χ3n) is 2.03. The summed E-state index contributed by atoms with van der Waals surface area (Å²) in [5.74, 6) is 3.73. The van der Waals surface area contributed by atoms with Crippen LogP contribution in [0.15, 0.2) is 38.9 Å². The Bertz CT molecular complexity index is 622. The Hall–Kier alpha value is -1.39. The summed E-state index contributed by atoms with van der Waals surface area (Å²) < 4.78 is 38.7. The quantitative estimate of drug-likeness (QED) is 0.494. The van der Waals surface area contributed by atoms with Gasteiger partial charge in [-0.25, -0.2) is 20.8 Å². The summed E-state index contributed by atoms with van der Waals surface area (Å²) in [6, 6.07) is 4.73. The molecule has 0 unspecified atom stereocenters. The van der Waals surface area contributed by atoms with Gasteiger partial charge in [-0.1, -0.05) is 0 Å². The van der Waals surface area contributed by atoms with Gasteiger partial charge in [0.05, 0.1) is 4.47 Å². The molecule has 0 aliphatic heterocycles. The number of alkyl halides is 3. The van der Waals surface area contributed by atoms with Crippen molar-refractivity contribution in [3.05, 3.63) is 34.7 Å². The van der Waals surface area contributed by atoms with E-state index in [-0.39, 0.29) is 10.8 Å². The first-order valence-corrected chi connectivity index (χ1v) is 6.72. The van der Waals surface area contributed by atoms with Crippen LogP contribution in [-0.2, 0) is 6.18 Å². The molecule has 2 rings (SSSR count). The van der Waals surface area contributed by atoms with Crippen LogP contribution in [0.2, 0.25) is 0 Å². The average Bonchev–Trinajstić information content (AvgIpc) is 2.40. The molecular formula is C10H7BrF3N5S. The number of nitrogen functional groups attached to an aromatic ring is 1. The Morgan fingerprint density at radius 1 is 1.30 bits per heavy atom. The predicted octanol–water partition coefficient (Wildman–Crippen LogP) is 3.09. The monoisotopic (exact) mass is 365 g/mol. The Labute approximate surface area is 124 Å². The smallest absolute Gasteiger partial charge is 0.308 e. The van der Waals surface area contributed by atoms with E-state index in [0.717, 1.165) is 11.8 Å². The Morgan fingerprint density at radius 2 is 2.05 bits per heavy atom. The summed E-state index contributed by atoms with van der Waals surface area (Å²) in [6.45, 7) is 0. The Balaban J connectivity index is 2.39. The normalized spacial score (nSPS) is 11.4. The van der Waals surface area contributed by atoms with Gasteiger partial charge in [-0.2, -0.15) is 13.2 Å². The minimum absolute atomic E-state index is 0.0830. The van der Waals surface area contributed by atoms with Gasteiger partial charge >= 0.3 is 6.18 Å². The van der Waals surface area contributed by atoms with Gasteiger partial charge in [-0.3, -0.25) is 0 Å². The fourth-order valence-electron chi connectivity index (χ4n) is 1.22. The third-order valence-corrected chi connectivity index (χ3v) is 3.87. The number of halogens is 4. The number of hydrazine groups is 1. The molecule has 0 aromatic carbocycles. The maximum absolute atomic E-state index is 12.7. The molecule has 10 heteroatoms. The molecule has 2 aromatic heterocycles. The summed E-state index contributed by atoms with van der Waals surface area (Å²) in [5.41, 5.74) is 2.08. The van der Waals surface area contributed by atoms with Crippen molar-refractivity contribution < 1.29 is 13.2 Å². The summed E-state index contributed by atoms with van der Waals surface area (Å²) in [7, 11) is 0. The molecule has 0 saturated heterocycles. The molecule has 5 nitrogen and oxygen atoms in total. The highest BCUT2D eigenvalue weighted by Crippen LogP contribution is 2.34. The van der Waals surface area contributed by atoms with Gasteiger partial charge in [0.1, 0.15) is 15.9 Å². The van der Waals surface area contributed by atoms with E-state index in [0.29, 0.717) is 9.50 Å². The van der Waals surface area contributed by atoms with Crippen LogP contribution in [0.3, 0.4) is 0 Å². The lowest BCUT2D eigenvalue weighted by molar-refractivity contribution is -0.145. The first-order chi connectivity index (χ1) is 9.40. The van der Waals surface area contributed by atoms with Crippen molar-refractivity contribution in [1.82, 2.24) is 15.0 Å². The van der Waals surface area contributed by atoms with Crippen molar-refractivity contribution in [3.63, 3.8) is 0 Å². The topological polar surface area (TPSA) is 76.7 Å². The van der Waals surface area contributed by atoms with E-state index in [1.54, 1.807) is 12.1 Å². The Morgan fingerprint density at radius 3 is 2.65 bits per heavy atom. The van der Waals surface area contributed by atoms with Crippen molar-refractivity contribution in [2.45, 2.75) is 16.2 Å². The molecule has 0 aliphatic rings. The van der Waals surface area contributed by atoms with Gasteiger partial charge in [-0.05, 0) is 39.8 Å². The van der Waals surface area contributed by atoms with Crippen LogP contribution in [-0.4, -0.2) is 15.0 Å². The molecule has 20 heavy (non-hydrogen) atoms. The van der Waals surface area contributed by atoms with Crippen molar-refractivity contribution in [2.75, 3.05) is 5.43 Å². The van der Waals surface area contributed by atoms with Crippen LogP contribution < -0.4 is 11.3 Å². The molecule has 0 amide bonds. The summed E-state index contributed by atoms with van der Waals surface area (Å²) in [4.78, 5) is 10.8. The van der Waals surface area contributed by atoms with Crippen LogP contribution in [0.25, 0.3) is 0 Å². The van der Waals surface area contributed by atoms with Gasteiger partial charge < -0.3 is 5.43 Å². The van der Waals surface area contributed by atoms with Crippen molar-refractivity contribution in [2.24, 2.45) is 5.84 Å². The summed E-state index contributed by atoms with van der Waals surface area (Å²) in [5, 5.41) is 0.571. The highest BCUT2D eigenvalue weighted by atomic mass is 79.9. The minimum atomic E-state index is -4.65. The first kappa shape index (κ1) is 15.0. The zero-order valence-corrected chi connectivity index (χ0v) is 12.1. The molecule has 0 spiro atoms. The maximum Gasteiger partial charge on any atom is 0.451 e. The number of anilines is 1. The van der Waals surface area contributed by atoms with E-state index in [4.69, 9.17) is 5.84 Å². The van der Waals surface area contributed by atoms with E-state index in [9.17, 15) is 13.2 Å². The van der Waals surface area contributed by atoms with E-state index in [1.807, 2.05) is 0 Å². The van der Waals surface area contributed by atoms with Crippen LogP contribution in [0.5, 0.6) is 0 Å². The third kappa shape index (κ3) is 3.58. The van der Waals surface area contributed by atoms with Crippen molar-refractivity contribution in [3.8, 4) is 0 Å². The number of hydrogen-bond donors (Lipinski definition) is 2. The lowest BCUT2D eigenvalue weighted by Crippen LogP contribution is -2.16. The highest BCUT2D eigenvalue weighted by molar-refractivity contribution is 9.10. The molecule has 3 N–H and O–H groups in total. The zero-order valence-electron chi connectivity index (χ0n) is 9.65. The second-order valence-corrected chi connectivity index (χ2v) is 5.31. The Kier molecular flexibility index (Phi) is 4.45. The lowest BCUT2D eigenvalue weighted by atomic mass is 10.5. The van der Waals surface area contributed by atoms with E-state index < -0.39 is 12.0 Å². The molecule has 2 aromatic rings. The highest BCUT2D eigenvalue weighted by Gasteiger charge is 2.35. The van der Waals surface area contributed by atoms with Gasteiger partial charge in [0.2, 0.25) is 5.82 Å². The van der Waals surface area contributed by atoms with Crippen molar-refractivity contribution >= 4 is 33.5 Å². The number of aromatic nitrogens is 3. The second-order valence-electron chi connectivity index (χ2n) is 3.45. The fourth-order valence-corrected chi connectivity index (χ4v) is 2.50. The SMILES string of the molecule is NNc1cc(Sc2ncccc2Br)nc(C(F)(F)F)n1. The van der Waals surface area contributed by atoms with Crippen LogP contribution in [0, 0.1) is 0 Å². The van der Waals surface area contributed by atoms with Gasteiger partial charge in [-0.15, -0.1) is 0 Å². The lowest BCUT2D eigenvalue weighted by Gasteiger charge is -2.09.